The molecule has 0 saturated carbocycles. The van der Waals surface area contributed by atoms with Crippen LogP contribution in [0.15, 0.2) is 71.2 Å². The minimum Gasteiger partial charge on any atom is -0.493 e. The second-order valence-electron chi connectivity index (χ2n) is 5.72. The summed E-state index contributed by atoms with van der Waals surface area (Å²) in [6.45, 7) is 2.86. The fraction of sp³-hybridized carbons (Fsp3) is 0.250. The Morgan fingerprint density at radius 2 is 1.92 bits per heavy atom. The van der Waals surface area contributed by atoms with Crippen LogP contribution in [-0.4, -0.2) is 27.7 Å². The van der Waals surface area contributed by atoms with Crippen LogP contribution in [0.5, 0.6) is 5.75 Å². The molecule has 0 aliphatic rings. The molecule has 0 fully saturated rings. The molecular formula is C20H22N4OS. The van der Waals surface area contributed by atoms with Crippen molar-refractivity contribution in [3.05, 3.63) is 72.1 Å². The number of hydrogen-bond acceptors (Lipinski definition) is 5. The topological polar surface area (TPSA) is 52.3 Å². The zero-order valence-corrected chi connectivity index (χ0v) is 15.6. The zero-order chi connectivity index (χ0) is 18.0. The van der Waals surface area contributed by atoms with E-state index in [9.17, 15) is 0 Å². The maximum Gasteiger partial charge on any atom is 0.212 e. The van der Waals surface area contributed by atoms with Crippen LogP contribution >= 0.6 is 11.8 Å². The van der Waals surface area contributed by atoms with E-state index in [4.69, 9.17) is 4.74 Å². The summed E-state index contributed by atoms with van der Waals surface area (Å²) in [6.07, 6.45) is 5.55. The van der Waals surface area contributed by atoms with E-state index in [0.29, 0.717) is 6.61 Å². The van der Waals surface area contributed by atoms with Crippen LogP contribution in [0.1, 0.15) is 30.9 Å². The SMILES string of the molecule is CCCCOc1ccccc1/C=N/n1cnnc1SCc1ccccc1. The normalized spacial score (nSPS) is 11.1. The first kappa shape index (κ1) is 18.2. The van der Waals surface area contributed by atoms with Crippen LogP contribution in [-0.2, 0) is 5.75 Å². The third-order valence-corrected chi connectivity index (χ3v) is 4.71. The standard InChI is InChI=1S/C20H22N4OS/c1-2-3-13-25-19-12-8-7-11-18(19)14-22-24-16-21-23-20(24)26-15-17-9-5-4-6-10-17/h4-12,14,16H,2-3,13,15H2,1H3/b22-14+. The summed E-state index contributed by atoms with van der Waals surface area (Å²) in [6, 6.07) is 18.2. The summed E-state index contributed by atoms with van der Waals surface area (Å²) in [5.41, 5.74) is 2.18. The molecular weight excluding hydrogens is 344 g/mol. The fourth-order valence-electron chi connectivity index (χ4n) is 2.29. The Morgan fingerprint density at radius 3 is 2.77 bits per heavy atom. The van der Waals surface area contributed by atoms with Crippen molar-refractivity contribution in [3.8, 4) is 5.75 Å². The Bertz CT molecular complexity index is 833. The molecule has 26 heavy (non-hydrogen) atoms. The molecule has 0 spiro atoms. The predicted molar refractivity (Wildman–Crippen MR) is 106 cm³/mol. The van der Waals surface area contributed by atoms with Crippen molar-refractivity contribution in [1.82, 2.24) is 14.9 Å². The fourth-order valence-corrected chi connectivity index (χ4v) is 3.10. The van der Waals surface area contributed by atoms with Crippen LogP contribution in [0.25, 0.3) is 0 Å². The number of thioether (sulfide) groups is 1. The molecule has 1 heterocycles. The third-order valence-electron chi connectivity index (χ3n) is 3.71. The number of ether oxygens (including phenoxy) is 1. The zero-order valence-electron chi connectivity index (χ0n) is 14.8. The summed E-state index contributed by atoms with van der Waals surface area (Å²) >= 11 is 1.61. The summed E-state index contributed by atoms with van der Waals surface area (Å²) in [5, 5.41) is 13.4. The van der Waals surface area contributed by atoms with Crippen LogP contribution in [0, 0.1) is 0 Å². The minimum atomic E-state index is 0.714. The molecule has 5 nitrogen and oxygen atoms in total. The number of benzene rings is 2. The predicted octanol–water partition coefficient (Wildman–Crippen LogP) is 4.63. The van der Waals surface area contributed by atoms with Gasteiger partial charge < -0.3 is 4.74 Å². The maximum absolute atomic E-state index is 5.85. The van der Waals surface area contributed by atoms with Gasteiger partial charge in [-0.15, -0.1) is 10.2 Å². The molecule has 0 aliphatic carbocycles. The van der Waals surface area contributed by atoms with Crippen molar-refractivity contribution < 1.29 is 4.74 Å². The second kappa shape index (κ2) is 9.77. The number of nitrogens with zero attached hydrogens (tertiary/aromatic N) is 4. The molecule has 0 saturated heterocycles. The summed E-state index contributed by atoms with van der Waals surface area (Å²) in [5.74, 6) is 1.67. The minimum absolute atomic E-state index is 0.714. The van der Waals surface area contributed by atoms with Crippen LogP contribution in [0.2, 0.25) is 0 Å². The Balaban J connectivity index is 1.67. The highest BCUT2D eigenvalue weighted by molar-refractivity contribution is 7.98. The lowest BCUT2D eigenvalue weighted by Gasteiger charge is -2.08. The first-order valence-corrected chi connectivity index (χ1v) is 9.68. The van der Waals surface area contributed by atoms with Gasteiger partial charge >= 0.3 is 0 Å². The molecule has 6 heteroatoms. The van der Waals surface area contributed by atoms with Gasteiger partial charge in [0.1, 0.15) is 12.1 Å². The van der Waals surface area contributed by atoms with Gasteiger partial charge in [0.15, 0.2) is 0 Å². The highest BCUT2D eigenvalue weighted by Gasteiger charge is 2.05. The molecule has 2 aromatic carbocycles. The first-order valence-electron chi connectivity index (χ1n) is 8.69. The number of hydrogen-bond donors (Lipinski definition) is 0. The lowest BCUT2D eigenvalue weighted by molar-refractivity contribution is 0.309. The Kier molecular flexibility index (Phi) is 6.84. The molecule has 3 rings (SSSR count). The third kappa shape index (κ3) is 5.20. The largest absolute Gasteiger partial charge is 0.493 e. The summed E-state index contributed by atoms with van der Waals surface area (Å²) in [7, 11) is 0. The van der Waals surface area contributed by atoms with E-state index in [0.717, 1.165) is 35.1 Å². The molecule has 0 aliphatic heterocycles. The molecule has 3 aromatic rings. The van der Waals surface area contributed by atoms with E-state index in [1.807, 2.05) is 42.5 Å². The highest BCUT2D eigenvalue weighted by atomic mass is 32.2. The van der Waals surface area contributed by atoms with Gasteiger partial charge in [-0.1, -0.05) is 67.6 Å². The van der Waals surface area contributed by atoms with E-state index in [1.165, 1.54) is 5.56 Å². The Hall–Kier alpha value is -2.60. The number of unbranched alkanes of at least 4 members (excludes halogenated alkanes) is 1. The van der Waals surface area contributed by atoms with Crippen LogP contribution in [0.3, 0.4) is 0 Å². The first-order chi connectivity index (χ1) is 12.9. The van der Waals surface area contributed by atoms with E-state index in [-0.39, 0.29) is 0 Å². The molecule has 0 N–H and O–H groups in total. The van der Waals surface area contributed by atoms with Crippen LogP contribution < -0.4 is 4.74 Å². The van der Waals surface area contributed by atoms with E-state index >= 15 is 0 Å². The lowest BCUT2D eigenvalue weighted by atomic mass is 10.2. The molecule has 0 atom stereocenters. The Morgan fingerprint density at radius 1 is 1.12 bits per heavy atom. The summed E-state index contributed by atoms with van der Waals surface area (Å²) < 4.78 is 7.54. The van der Waals surface area contributed by atoms with Gasteiger partial charge in [-0.25, -0.2) is 0 Å². The highest BCUT2D eigenvalue weighted by Crippen LogP contribution is 2.21. The lowest BCUT2D eigenvalue weighted by Crippen LogP contribution is -2.00. The molecule has 134 valence electrons. The van der Waals surface area contributed by atoms with Crippen molar-refractivity contribution in [3.63, 3.8) is 0 Å². The molecule has 1 aromatic heterocycles. The smallest absolute Gasteiger partial charge is 0.212 e. The summed E-state index contributed by atoms with van der Waals surface area (Å²) in [4.78, 5) is 0. The second-order valence-corrected chi connectivity index (χ2v) is 6.66. The number of para-hydroxylation sites is 1. The molecule has 0 radical (unpaired) electrons. The monoisotopic (exact) mass is 366 g/mol. The van der Waals surface area contributed by atoms with Crippen molar-refractivity contribution in [2.24, 2.45) is 5.10 Å². The van der Waals surface area contributed by atoms with Gasteiger partial charge in [0.2, 0.25) is 5.16 Å². The van der Waals surface area contributed by atoms with Gasteiger partial charge in [-0.3, -0.25) is 0 Å². The van der Waals surface area contributed by atoms with Crippen molar-refractivity contribution in [2.75, 3.05) is 6.61 Å². The van der Waals surface area contributed by atoms with Crippen molar-refractivity contribution in [1.29, 1.82) is 0 Å². The van der Waals surface area contributed by atoms with Crippen LogP contribution in [0.4, 0.5) is 0 Å². The van der Waals surface area contributed by atoms with E-state index < -0.39 is 0 Å². The Labute approximate surface area is 158 Å². The average molecular weight is 366 g/mol. The average Bonchev–Trinajstić information content (AvgIpc) is 3.14. The van der Waals surface area contributed by atoms with Gasteiger partial charge in [-0.05, 0) is 24.1 Å². The number of aromatic nitrogens is 3. The van der Waals surface area contributed by atoms with E-state index in [1.54, 1.807) is 29.0 Å². The number of rotatable bonds is 9. The van der Waals surface area contributed by atoms with E-state index in [2.05, 4.69) is 34.4 Å². The van der Waals surface area contributed by atoms with Crippen molar-refractivity contribution in [2.45, 2.75) is 30.7 Å². The van der Waals surface area contributed by atoms with Gasteiger partial charge in [0.05, 0.1) is 12.8 Å². The maximum atomic E-state index is 5.85. The molecule has 0 unspecified atom stereocenters. The van der Waals surface area contributed by atoms with Gasteiger partial charge in [0.25, 0.3) is 0 Å². The molecule has 0 bridgehead atoms. The molecule has 0 amide bonds. The van der Waals surface area contributed by atoms with Gasteiger partial charge in [-0.2, -0.15) is 9.78 Å². The van der Waals surface area contributed by atoms with Gasteiger partial charge in [0, 0.05) is 11.3 Å². The quantitative estimate of drug-likeness (QED) is 0.315. The van der Waals surface area contributed by atoms with Crippen molar-refractivity contribution >= 4 is 18.0 Å².